The number of benzene rings is 3. The summed E-state index contributed by atoms with van der Waals surface area (Å²) in [6.07, 6.45) is -4.29. The van der Waals surface area contributed by atoms with E-state index in [1.54, 1.807) is 24.3 Å². The van der Waals surface area contributed by atoms with Crippen LogP contribution in [0.1, 0.15) is 21.5 Å². The molecule has 1 aliphatic heterocycles. The Labute approximate surface area is 205 Å². The normalized spacial score (nSPS) is 24.1. The molecule has 0 bridgehead atoms. The summed E-state index contributed by atoms with van der Waals surface area (Å²) < 4.78 is 29.3. The van der Waals surface area contributed by atoms with Crippen LogP contribution in [0.4, 0.5) is 0 Å². The van der Waals surface area contributed by atoms with Crippen molar-refractivity contribution >= 4 is 5.97 Å². The Morgan fingerprint density at radius 3 is 1.86 bits per heavy atom. The first kappa shape index (κ1) is 25.0. The van der Waals surface area contributed by atoms with Crippen molar-refractivity contribution in [2.24, 2.45) is 0 Å². The minimum absolute atomic E-state index is 0.161. The van der Waals surface area contributed by atoms with Gasteiger partial charge in [-0.25, -0.2) is 4.79 Å². The molecule has 4 rings (SSSR count). The van der Waals surface area contributed by atoms with Crippen molar-refractivity contribution in [2.45, 2.75) is 43.9 Å². The van der Waals surface area contributed by atoms with Crippen molar-refractivity contribution in [3.05, 3.63) is 108 Å². The summed E-state index contributed by atoms with van der Waals surface area (Å²) in [5.74, 6) is -0.500. The minimum Gasteiger partial charge on any atom is -0.459 e. The summed E-state index contributed by atoms with van der Waals surface area (Å²) in [5.41, 5.74) is 2.34. The molecule has 7 nitrogen and oxygen atoms in total. The second-order valence-corrected chi connectivity index (χ2v) is 8.26. The van der Waals surface area contributed by atoms with Gasteiger partial charge < -0.3 is 28.8 Å². The van der Waals surface area contributed by atoms with Crippen LogP contribution in [0.2, 0.25) is 0 Å². The van der Waals surface area contributed by atoms with Crippen LogP contribution in [-0.4, -0.2) is 55.5 Å². The second-order valence-electron chi connectivity index (χ2n) is 8.26. The molecular formula is C28H30O7. The van der Waals surface area contributed by atoms with Crippen molar-refractivity contribution in [3.63, 3.8) is 0 Å². The van der Waals surface area contributed by atoms with Crippen LogP contribution in [-0.2, 0) is 36.9 Å². The van der Waals surface area contributed by atoms with Gasteiger partial charge in [-0.1, -0.05) is 78.9 Å². The summed E-state index contributed by atoms with van der Waals surface area (Å²) in [7, 11) is 1.50. The molecule has 3 aromatic rings. The van der Waals surface area contributed by atoms with E-state index in [0.717, 1.165) is 11.1 Å². The fraction of sp³-hybridized carbons (Fsp3) is 0.321. The lowest BCUT2D eigenvalue weighted by Gasteiger charge is -2.43. The fourth-order valence-electron chi connectivity index (χ4n) is 3.93. The third-order valence-corrected chi connectivity index (χ3v) is 5.81. The summed E-state index contributed by atoms with van der Waals surface area (Å²) in [4.78, 5) is 12.4. The van der Waals surface area contributed by atoms with Crippen LogP contribution in [0.15, 0.2) is 91.0 Å². The van der Waals surface area contributed by atoms with Crippen molar-refractivity contribution in [2.75, 3.05) is 13.7 Å². The molecule has 35 heavy (non-hydrogen) atoms. The Morgan fingerprint density at radius 2 is 1.31 bits per heavy atom. The first-order valence-electron chi connectivity index (χ1n) is 11.5. The van der Waals surface area contributed by atoms with E-state index in [0.29, 0.717) is 12.2 Å². The zero-order valence-electron chi connectivity index (χ0n) is 19.6. The minimum atomic E-state index is -1.12. The standard InChI is InChI=1S/C28H30O7/c1-31-28-26(33-18-21-13-7-3-8-14-21)25(32-17-20-11-5-2-6-12-20)24(29)23(35-28)19-34-27(30)22-15-9-4-10-16-22/h2-16,23-26,28-29H,17-19H2,1H3/t23-,24+,25-,26-,28+/m1/s1. The highest BCUT2D eigenvalue weighted by atomic mass is 16.7. The Balaban J connectivity index is 1.47. The van der Waals surface area contributed by atoms with E-state index in [-0.39, 0.29) is 13.2 Å². The summed E-state index contributed by atoms with van der Waals surface area (Å²) in [6, 6.07) is 28.0. The monoisotopic (exact) mass is 478 g/mol. The van der Waals surface area contributed by atoms with Crippen LogP contribution >= 0.6 is 0 Å². The summed E-state index contributed by atoms with van der Waals surface area (Å²) in [5, 5.41) is 11.2. The highest BCUT2D eigenvalue weighted by Crippen LogP contribution is 2.28. The maximum Gasteiger partial charge on any atom is 0.338 e. The zero-order valence-corrected chi connectivity index (χ0v) is 19.6. The number of carbonyl (C=O) groups is 1. The van der Waals surface area contributed by atoms with E-state index < -0.39 is 36.7 Å². The van der Waals surface area contributed by atoms with Gasteiger partial charge in [0.25, 0.3) is 0 Å². The average molecular weight is 479 g/mol. The number of rotatable bonds is 10. The van der Waals surface area contributed by atoms with E-state index in [4.69, 9.17) is 23.7 Å². The summed E-state index contributed by atoms with van der Waals surface area (Å²) >= 11 is 0. The lowest BCUT2D eigenvalue weighted by molar-refractivity contribution is -0.313. The SMILES string of the molecule is CO[C@H]1O[C@H](COC(=O)c2ccccc2)[C@H](O)[C@@H](OCc2ccccc2)[C@H]1OCc1ccccc1. The molecule has 0 saturated carbocycles. The fourth-order valence-corrected chi connectivity index (χ4v) is 3.93. The van der Waals surface area contributed by atoms with Crippen molar-refractivity contribution < 1.29 is 33.6 Å². The van der Waals surface area contributed by atoms with Crippen LogP contribution in [0.5, 0.6) is 0 Å². The largest absolute Gasteiger partial charge is 0.459 e. The van der Waals surface area contributed by atoms with E-state index in [2.05, 4.69) is 0 Å². The van der Waals surface area contributed by atoms with Crippen LogP contribution < -0.4 is 0 Å². The number of hydrogen-bond acceptors (Lipinski definition) is 7. The Bertz CT molecular complexity index is 1030. The number of aliphatic hydroxyl groups excluding tert-OH is 1. The lowest BCUT2D eigenvalue weighted by atomic mass is 9.98. The first-order chi connectivity index (χ1) is 17.2. The van der Waals surface area contributed by atoms with Gasteiger partial charge in [0.05, 0.1) is 18.8 Å². The summed E-state index contributed by atoms with van der Waals surface area (Å²) in [6.45, 7) is 0.395. The lowest BCUT2D eigenvalue weighted by Crippen LogP contribution is -2.60. The van der Waals surface area contributed by atoms with Crippen molar-refractivity contribution in [3.8, 4) is 0 Å². The van der Waals surface area contributed by atoms with Gasteiger partial charge in [0.2, 0.25) is 0 Å². The van der Waals surface area contributed by atoms with Gasteiger partial charge in [-0.15, -0.1) is 0 Å². The number of methoxy groups -OCH3 is 1. The number of aliphatic hydroxyl groups is 1. The Hall–Kier alpha value is -3.07. The number of hydrogen-bond donors (Lipinski definition) is 1. The first-order valence-corrected chi connectivity index (χ1v) is 11.5. The van der Waals surface area contributed by atoms with Gasteiger partial charge in [0.15, 0.2) is 6.29 Å². The van der Waals surface area contributed by atoms with Gasteiger partial charge >= 0.3 is 5.97 Å². The second kappa shape index (κ2) is 12.6. The number of ether oxygens (including phenoxy) is 5. The highest BCUT2D eigenvalue weighted by molar-refractivity contribution is 5.89. The molecule has 0 unspecified atom stereocenters. The maximum atomic E-state index is 12.4. The quantitative estimate of drug-likeness (QED) is 0.445. The molecule has 0 amide bonds. The van der Waals surface area contributed by atoms with Crippen molar-refractivity contribution in [1.82, 2.24) is 0 Å². The predicted molar refractivity (Wildman–Crippen MR) is 128 cm³/mol. The topological polar surface area (TPSA) is 83.5 Å². The van der Waals surface area contributed by atoms with Gasteiger partial charge in [-0.2, -0.15) is 0 Å². The molecule has 1 saturated heterocycles. The molecule has 0 radical (unpaired) electrons. The Kier molecular flexibility index (Phi) is 9.00. The molecule has 184 valence electrons. The molecule has 0 aliphatic carbocycles. The molecule has 0 aromatic heterocycles. The average Bonchev–Trinajstić information content (AvgIpc) is 2.92. The molecule has 1 aliphatic rings. The van der Waals surface area contributed by atoms with E-state index in [1.807, 2.05) is 66.7 Å². The molecule has 1 heterocycles. The molecule has 5 atom stereocenters. The maximum absolute atomic E-state index is 12.4. The van der Waals surface area contributed by atoms with Crippen LogP contribution in [0.3, 0.4) is 0 Å². The molecule has 1 N–H and O–H groups in total. The van der Waals surface area contributed by atoms with Gasteiger partial charge in [-0.3, -0.25) is 0 Å². The number of carbonyl (C=O) groups excluding carboxylic acids is 1. The van der Waals surface area contributed by atoms with Gasteiger partial charge in [0, 0.05) is 7.11 Å². The zero-order chi connectivity index (χ0) is 24.5. The molecular weight excluding hydrogens is 448 g/mol. The third-order valence-electron chi connectivity index (χ3n) is 5.81. The van der Waals surface area contributed by atoms with E-state index in [1.165, 1.54) is 7.11 Å². The molecule has 3 aromatic carbocycles. The molecule has 1 fully saturated rings. The molecule has 7 heteroatoms. The predicted octanol–water partition coefficient (Wildman–Crippen LogP) is 3.75. The van der Waals surface area contributed by atoms with E-state index in [9.17, 15) is 9.90 Å². The van der Waals surface area contributed by atoms with Crippen LogP contribution in [0, 0.1) is 0 Å². The smallest absolute Gasteiger partial charge is 0.338 e. The molecule has 0 spiro atoms. The van der Waals surface area contributed by atoms with Gasteiger partial charge in [-0.05, 0) is 23.3 Å². The number of esters is 1. The van der Waals surface area contributed by atoms with Crippen LogP contribution in [0.25, 0.3) is 0 Å². The van der Waals surface area contributed by atoms with Gasteiger partial charge in [0.1, 0.15) is 31.0 Å². The highest BCUT2D eigenvalue weighted by Gasteiger charge is 2.47. The van der Waals surface area contributed by atoms with E-state index >= 15 is 0 Å². The van der Waals surface area contributed by atoms with Crippen molar-refractivity contribution in [1.29, 1.82) is 0 Å². The third kappa shape index (κ3) is 6.75. The Morgan fingerprint density at radius 1 is 0.800 bits per heavy atom.